The van der Waals surface area contributed by atoms with Gasteiger partial charge in [0.15, 0.2) is 0 Å². The van der Waals surface area contributed by atoms with Gasteiger partial charge in [-0.2, -0.15) is 0 Å². The zero-order valence-electron chi connectivity index (χ0n) is 37.7. The molecule has 0 atom stereocenters. The highest BCUT2D eigenvalue weighted by molar-refractivity contribution is 5.84. The van der Waals surface area contributed by atoms with Crippen molar-refractivity contribution in [2.45, 2.75) is 234 Å². The van der Waals surface area contributed by atoms with Gasteiger partial charge in [0.05, 0.1) is 5.57 Å². The van der Waals surface area contributed by atoms with Crippen molar-refractivity contribution in [2.24, 2.45) is 0 Å². The zero-order valence-corrected chi connectivity index (χ0v) is 37.7. The first-order valence-electron chi connectivity index (χ1n) is 24.4. The van der Waals surface area contributed by atoms with Crippen molar-refractivity contribution in [3.8, 4) is 0 Å². The lowest BCUT2D eigenvalue weighted by atomic mass is 9.91. The van der Waals surface area contributed by atoms with Gasteiger partial charge in [-0.1, -0.05) is 181 Å². The maximum atomic E-state index is 12.6. The van der Waals surface area contributed by atoms with Crippen LogP contribution in [0.25, 0.3) is 16.9 Å². The lowest BCUT2D eigenvalue weighted by Gasteiger charge is -2.14. The number of hydrogen-bond acceptors (Lipinski definition) is 0. The average Bonchev–Trinajstić information content (AvgIpc) is 3.48. The van der Waals surface area contributed by atoms with Crippen LogP contribution in [0.15, 0.2) is 59.7 Å². The Hall–Kier alpha value is -2.74. The number of allylic oxidation sites excluding steroid dienone is 4. The predicted molar refractivity (Wildman–Crippen MR) is 248 cm³/mol. The van der Waals surface area contributed by atoms with Gasteiger partial charge in [-0.15, -0.1) is 0 Å². The summed E-state index contributed by atoms with van der Waals surface area (Å²) >= 11 is 0. The summed E-state index contributed by atoms with van der Waals surface area (Å²) < 4.78 is 1.64. The fourth-order valence-electron chi connectivity index (χ4n) is 8.59. The number of nitrogens with zero attached hydrogens (tertiary/aromatic N) is 2. The van der Waals surface area contributed by atoms with E-state index in [1.54, 1.807) is 4.70 Å². The maximum absolute atomic E-state index is 12.6. The van der Waals surface area contributed by atoms with Gasteiger partial charge in [-0.3, -0.25) is 0 Å². The Bertz CT molecular complexity index is 1490. The smallest absolute Gasteiger partial charge is 0.215 e. The standard InChI is InChI=1S/C54H86N2/c1-7-13-19-20-21-22-23-24-25-26-27-28-29-32-38-52-51(37-18-12-6)53(49-41-45(33-16-10-4)39-47(43-49)35-30-14-8-2)56(55)54(52)50-42-46(34-17-11-5)40-48(44-50)36-31-15-9-3/h32,38-44H,7-31,33-37H2,1-6H3. The Morgan fingerprint density at radius 2 is 0.750 bits per heavy atom. The molecule has 0 bridgehead atoms. The van der Waals surface area contributed by atoms with Crippen LogP contribution in [0.2, 0.25) is 0 Å². The van der Waals surface area contributed by atoms with E-state index in [1.165, 1.54) is 186 Å². The van der Waals surface area contributed by atoms with Gasteiger partial charge in [-0.05, 0) is 124 Å². The molecule has 312 valence electrons. The minimum atomic E-state index is 0.980. The van der Waals surface area contributed by atoms with Gasteiger partial charge in [0.25, 0.3) is 0 Å². The van der Waals surface area contributed by atoms with Crippen LogP contribution in [0.3, 0.4) is 0 Å². The molecule has 1 heterocycles. The molecule has 0 saturated carbocycles. The van der Waals surface area contributed by atoms with Crippen LogP contribution >= 0.6 is 0 Å². The van der Waals surface area contributed by atoms with Crippen molar-refractivity contribution in [3.05, 3.63) is 98.6 Å². The van der Waals surface area contributed by atoms with Crippen LogP contribution in [0, 0.1) is 0 Å². The first kappa shape index (κ1) is 47.6. The minimum Gasteiger partial charge on any atom is -0.493 e. The Morgan fingerprint density at radius 1 is 0.393 bits per heavy atom. The second kappa shape index (κ2) is 29.5. The molecule has 0 fully saturated rings. The van der Waals surface area contributed by atoms with Crippen LogP contribution in [0.4, 0.5) is 0 Å². The average molecular weight is 763 g/mol. The molecule has 1 aliphatic heterocycles. The molecule has 0 radical (unpaired) electrons. The fourth-order valence-corrected chi connectivity index (χ4v) is 8.59. The van der Waals surface area contributed by atoms with E-state index in [9.17, 15) is 5.53 Å². The van der Waals surface area contributed by atoms with E-state index < -0.39 is 0 Å². The van der Waals surface area contributed by atoms with Gasteiger partial charge >= 0.3 is 0 Å². The van der Waals surface area contributed by atoms with Crippen molar-refractivity contribution in [3.63, 3.8) is 0 Å². The normalized spacial score (nSPS) is 13.4. The van der Waals surface area contributed by atoms with Gasteiger partial charge in [0.1, 0.15) is 0 Å². The summed E-state index contributed by atoms with van der Waals surface area (Å²) in [6.45, 7) is 13.8. The van der Waals surface area contributed by atoms with Gasteiger partial charge < -0.3 is 5.53 Å². The highest BCUT2D eigenvalue weighted by atomic mass is 15.2. The molecule has 0 spiro atoms. The lowest BCUT2D eigenvalue weighted by Crippen LogP contribution is -2.05. The Morgan fingerprint density at radius 3 is 1.20 bits per heavy atom. The number of aryl methyl sites for hydroxylation is 4. The summed E-state index contributed by atoms with van der Waals surface area (Å²) in [5.41, 5.74) is 25.3. The molecule has 0 aromatic heterocycles. The summed E-state index contributed by atoms with van der Waals surface area (Å²) in [6, 6.07) is 14.6. The highest BCUT2D eigenvalue weighted by Gasteiger charge is 2.35. The number of rotatable bonds is 33. The number of unbranched alkanes of at least 4 members (excludes halogenated alkanes) is 19. The van der Waals surface area contributed by atoms with Crippen LogP contribution in [0.5, 0.6) is 0 Å². The molecule has 1 aliphatic rings. The van der Waals surface area contributed by atoms with E-state index in [4.69, 9.17) is 0 Å². The largest absolute Gasteiger partial charge is 0.493 e. The molecule has 2 heteroatoms. The zero-order chi connectivity index (χ0) is 40.2. The summed E-state index contributed by atoms with van der Waals surface area (Å²) in [6.07, 6.45) is 42.4. The molecule has 56 heavy (non-hydrogen) atoms. The second-order valence-corrected chi connectivity index (χ2v) is 17.3. The Balaban J connectivity index is 1.98. The SMILES string of the molecule is CCCCCCCCCCCCCCC=CC1=C(c2cc(CCCC)cc(CCCCC)c2)[N+](=[N-])C(c2cc(CCCC)cc(CCCCC)c2)=C1CCCC. The van der Waals surface area contributed by atoms with E-state index in [-0.39, 0.29) is 0 Å². The van der Waals surface area contributed by atoms with Crippen LogP contribution < -0.4 is 0 Å². The third kappa shape index (κ3) is 17.0. The molecule has 0 saturated heterocycles. The molecular formula is C54H86N2. The minimum absolute atomic E-state index is 0.980. The maximum Gasteiger partial charge on any atom is 0.215 e. The monoisotopic (exact) mass is 763 g/mol. The van der Waals surface area contributed by atoms with Crippen LogP contribution in [-0.2, 0) is 25.7 Å². The predicted octanol–water partition coefficient (Wildman–Crippen LogP) is 17.8. The third-order valence-electron chi connectivity index (χ3n) is 12.0. The third-order valence-corrected chi connectivity index (χ3v) is 12.0. The van der Waals surface area contributed by atoms with Crippen molar-refractivity contribution in [1.29, 1.82) is 0 Å². The molecule has 2 aromatic carbocycles. The topological polar surface area (TPSA) is 25.3 Å². The van der Waals surface area contributed by atoms with E-state index in [0.717, 1.165) is 62.8 Å². The molecule has 0 unspecified atom stereocenters. The van der Waals surface area contributed by atoms with Gasteiger partial charge in [0, 0.05) is 16.7 Å². The number of benzene rings is 2. The first-order valence-corrected chi connectivity index (χ1v) is 24.4. The summed E-state index contributed by atoms with van der Waals surface area (Å²) in [5, 5.41) is 0. The van der Waals surface area contributed by atoms with Crippen molar-refractivity contribution in [2.75, 3.05) is 0 Å². The molecule has 2 nitrogen and oxygen atoms in total. The fraction of sp³-hybridized carbons (Fsp3) is 0.667. The van der Waals surface area contributed by atoms with Crippen LogP contribution in [0.1, 0.15) is 242 Å². The molecule has 0 N–H and O–H groups in total. The van der Waals surface area contributed by atoms with E-state index in [0.29, 0.717) is 0 Å². The van der Waals surface area contributed by atoms with E-state index >= 15 is 0 Å². The van der Waals surface area contributed by atoms with Gasteiger partial charge in [0.2, 0.25) is 11.4 Å². The quantitative estimate of drug-likeness (QED) is 0.0511. The van der Waals surface area contributed by atoms with E-state index in [2.05, 4.69) is 90.1 Å². The molecule has 0 amide bonds. The Labute approximate surface area is 347 Å². The second-order valence-electron chi connectivity index (χ2n) is 17.3. The lowest BCUT2D eigenvalue weighted by molar-refractivity contribution is -0.345. The number of hydrogen-bond donors (Lipinski definition) is 0. The summed E-state index contributed by atoms with van der Waals surface area (Å²) in [4.78, 5) is 0. The van der Waals surface area contributed by atoms with Crippen molar-refractivity contribution < 1.29 is 4.70 Å². The highest BCUT2D eigenvalue weighted by Crippen LogP contribution is 2.44. The summed E-state index contributed by atoms with van der Waals surface area (Å²) in [7, 11) is 0. The van der Waals surface area contributed by atoms with Crippen LogP contribution in [-0.4, -0.2) is 4.70 Å². The van der Waals surface area contributed by atoms with Gasteiger partial charge in [-0.25, -0.2) is 4.70 Å². The van der Waals surface area contributed by atoms with Crippen molar-refractivity contribution in [1.82, 2.24) is 0 Å². The first-order chi connectivity index (χ1) is 27.5. The molecule has 3 rings (SSSR count). The Kier molecular flexibility index (Phi) is 25.1. The summed E-state index contributed by atoms with van der Waals surface area (Å²) in [5.74, 6) is 0. The van der Waals surface area contributed by atoms with Crippen molar-refractivity contribution >= 4 is 11.4 Å². The molecular weight excluding hydrogens is 677 g/mol. The molecule has 2 aromatic rings. The van der Waals surface area contributed by atoms with E-state index in [1.807, 2.05) is 0 Å². The molecule has 0 aliphatic carbocycles.